The molecule has 1 saturated carbocycles. The van der Waals surface area contributed by atoms with Crippen LogP contribution in [0.4, 0.5) is 0 Å². The van der Waals surface area contributed by atoms with Crippen LogP contribution in [0.1, 0.15) is 24.8 Å². The van der Waals surface area contributed by atoms with Gasteiger partial charge < -0.3 is 5.32 Å². The minimum Gasteiger partial charge on any atom is -0.317 e. The highest BCUT2D eigenvalue weighted by molar-refractivity contribution is 7.17. The van der Waals surface area contributed by atoms with Crippen LogP contribution in [-0.2, 0) is 11.2 Å². The van der Waals surface area contributed by atoms with Crippen molar-refractivity contribution in [1.82, 2.24) is 5.32 Å². The predicted molar refractivity (Wildman–Crippen MR) is 83.2 cm³/mol. The molecule has 0 bridgehead atoms. The van der Waals surface area contributed by atoms with Crippen molar-refractivity contribution in [2.75, 3.05) is 13.1 Å². The number of hydrogen-bond acceptors (Lipinski definition) is 3. The molecule has 1 aliphatic heterocycles. The Kier molecular flexibility index (Phi) is 2.93. The number of thiophene rings is 1. The van der Waals surface area contributed by atoms with E-state index in [-0.39, 0.29) is 0 Å². The maximum atomic E-state index is 12.6. The Hall–Kier alpha value is -1.19. The number of carbonyl (C=O) groups excluding carboxylic acids is 1. The lowest BCUT2D eigenvalue weighted by Crippen LogP contribution is -2.30. The summed E-state index contributed by atoms with van der Waals surface area (Å²) in [5.74, 6) is 0.804. The van der Waals surface area contributed by atoms with E-state index >= 15 is 0 Å². The van der Waals surface area contributed by atoms with Gasteiger partial charge in [-0.1, -0.05) is 18.2 Å². The fourth-order valence-corrected chi connectivity index (χ4v) is 4.72. The summed E-state index contributed by atoms with van der Waals surface area (Å²) >= 11 is 1.75. The molecule has 2 aromatic rings. The molecule has 1 unspecified atom stereocenters. The van der Waals surface area contributed by atoms with Crippen LogP contribution in [0, 0.1) is 11.3 Å². The first-order chi connectivity index (χ1) is 9.78. The lowest BCUT2D eigenvalue weighted by molar-refractivity contribution is -0.120. The molecule has 1 spiro atoms. The van der Waals surface area contributed by atoms with Crippen molar-refractivity contribution in [2.45, 2.75) is 25.7 Å². The van der Waals surface area contributed by atoms with E-state index in [0.29, 0.717) is 23.5 Å². The lowest BCUT2D eigenvalue weighted by Gasteiger charge is -2.23. The molecular weight excluding hydrogens is 266 g/mol. The van der Waals surface area contributed by atoms with E-state index < -0.39 is 0 Å². The molecule has 1 atom stereocenters. The molecule has 1 saturated heterocycles. The SMILES string of the molecule is O=C(Cc1csc2ccccc12)C1CC12CCNCC2. The Morgan fingerprint density at radius 2 is 2.10 bits per heavy atom. The molecule has 2 nitrogen and oxygen atoms in total. The number of benzene rings is 1. The number of Topliss-reactive ketones (excluding diaryl/α,β-unsaturated/α-hetero) is 1. The van der Waals surface area contributed by atoms with E-state index in [0.717, 1.165) is 19.5 Å². The average molecular weight is 285 g/mol. The van der Waals surface area contributed by atoms with Gasteiger partial charge in [-0.05, 0) is 60.2 Å². The van der Waals surface area contributed by atoms with Gasteiger partial charge in [0, 0.05) is 17.0 Å². The van der Waals surface area contributed by atoms with Crippen LogP contribution >= 0.6 is 11.3 Å². The largest absolute Gasteiger partial charge is 0.317 e. The molecule has 1 aliphatic carbocycles. The quantitative estimate of drug-likeness (QED) is 0.936. The normalized spacial score (nSPS) is 24.1. The summed E-state index contributed by atoms with van der Waals surface area (Å²) in [5.41, 5.74) is 1.60. The van der Waals surface area contributed by atoms with Gasteiger partial charge in [0.25, 0.3) is 0 Å². The summed E-state index contributed by atoms with van der Waals surface area (Å²) in [5, 5.41) is 6.84. The van der Waals surface area contributed by atoms with Crippen molar-refractivity contribution in [3.63, 3.8) is 0 Å². The fraction of sp³-hybridized carbons (Fsp3) is 0.471. The van der Waals surface area contributed by atoms with Crippen LogP contribution in [-0.4, -0.2) is 18.9 Å². The summed E-state index contributed by atoms with van der Waals surface area (Å²) in [7, 11) is 0. The highest BCUT2D eigenvalue weighted by Crippen LogP contribution is 2.59. The first-order valence-electron chi connectivity index (χ1n) is 7.47. The average Bonchev–Trinajstić information content (AvgIpc) is 3.02. The van der Waals surface area contributed by atoms with Crippen molar-refractivity contribution >= 4 is 27.2 Å². The number of carbonyl (C=O) groups is 1. The molecule has 0 amide bonds. The fourth-order valence-electron chi connectivity index (χ4n) is 3.76. The molecule has 2 heterocycles. The highest BCUT2D eigenvalue weighted by atomic mass is 32.1. The third kappa shape index (κ3) is 2.00. The zero-order valence-electron chi connectivity index (χ0n) is 11.5. The number of rotatable bonds is 3. The van der Waals surface area contributed by atoms with Crippen LogP contribution < -0.4 is 5.32 Å². The molecular formula is C17H19NOS. The van der Waals surface area contributed by atoms with Gasteiger partial charge in [-0.2, -0.15) is 0 Å². The molecule has 20 heavy (non-hydrogen) atoms. The van der Waals surface area contributed by atoms with Gasteiger partial charge in [-0.15, -0.1) is 11.3 Å². The van der Waals surface area contributed by atoms with Crippen molar-refractivity contribution in [3.8, 4) is 0 Å². The Balaban J connectivity index is 1.51. The molecule has 4 rings (SSSR count). The summed E-state index contributed by atoms with van der Waals surface area (Å²) in [6, 6.07) is 8.41. The van der Waals surface area contributed by atoms with E-state index in [1.807, 2.05) is 0 Å². The smallest absolute Gasteiger partial charge is 0.140 e. The second kappa shape index (κ2) is 4.68. The van der Waals surface area contributed by atoms with Crippen molar-refractivity contribution < 1.29 is 4.79 Å². The number of fused-ring (bicyclic) bond motifs is 1. The number of hydrogen-bond donors (Lipinski definition) is 1. The van der Waals surface area contributed by atoms with E-state index in [1.165, 1.54) is 28.5 Å². The maximum absolute atomic E-state index is 12.6. The standard InChI is InChI=1S/C17H19NOS/c19-15(14-10-17(14)5-7-18-8-6-17)9-12-11-20-16-4-2-1-3-13(12)16/h1-4,11,14,18H,5-10H2. The Bertz CT molecular complexity index is 654. The first-order valence-corrected chi connectivity index (χ1v) is 8.35. The van der Waals surface area contributed by atoms with E-state index in [9.17, 15) is 4.79 Å². The summed E-state index contributed by atoms with van der Waals surface area (Å²) in [6.45, 7) is 2.18. The number of ketones is 1. The number of nitrogens with one attached hydrogen (secondary N) is 1. The van der Waals surface area contributed by atoms with Crippen LogP contribution in [0.25, 0.3) is 10.1 Å². The zero-order valence-corrected chi connectivity index (χ0v) is 12.3. The maximum Gasteiger partial charge on any atom is 0.140 e. The number of piperidine rings is 1. The van der Waals surface area contributed by atoms with Gasteiger partial charge in [0.1, 0.15) is 5.78 Å². The van der Waals surface area contributed by atoms with Crippen molar-refractivity contribution in [1.29, 1.82) is 0 Å². The molecule has 0 radical (unpaired) electrons. The lowest BCUT2D eigenvalue weighted by atomic mass is 9.89. The minimum atomic E-state index is 0.336. The van der Waals surface area contributed by atoms with Crippen LogP contribution in [0.15, 0.2) is 29.6 Å². The minimum absolute atomic E-state index is 0.336. The molecule has 3 heteroatoms. The highest BCUT2D eigenvalue weighted by Gasteiger charge is 2.56. The monoisotopic (exact) mass is 285 g/mol. The van der Waals surface area contributed by atoms with E-state index in [2.05, 4.69) is 35.0 Å². The summed E-state index contributed by atoms with van der Waals surface area (Å²) in [4.78, 5) is 12.6. The van der Waals surface area contributed by atoms with Gasteiger partial charge in [-0.25, -0.2) is 0 Å². The Morgan fingerprint density at radius 1 is 1.30 bits per heavy atom. The summed E-state index contributed by atoms with van der Waals surface area (Å²) < 4.78 is 1.29. The molecule has 1 aromatic heterocycles. The van der Waals surface area contributed by atoms with Crippen molar-refractivity contribution in [3.05, 3.63) is 35.2 Å². The van der Waals surface area contributed by atoms with Crippen molar-refractivity contribution in [2.24, 2.45) is 11.3 Å². The molecule has 2 fully saturated rings. The first kappa shape index (κ1) is 12.5. The van der Waals surface area contributed by atoms with Gasteiger partial charge >= 0.3 is 0 Å². The Labute approximate surface area is 123 Å². The van der Waals surface area contributed by atoms with E-state index in [4.69, 9.17) is 0 Å². The van der Waals surface area contributed by atoms with Crippen LogP contribution in [0.2, 0.25) is 0 Å². The molecule has 104 valence electrons. The molecule has 2 aliphatic rings. The summed E-state index contributed by atoms with van der Waals surface area (Å²) in [6.07, 6.45) is 4.14. The molecule has 1 N–H and O–H groups in total. The van der Waals surface area contributed by atoms with Gasteiger partial charge in [0.05, 0.1) is 0 Å². The molecule has 1 aromatic carbocycles. The topological polar surface area (TPSA) is 29.1 Å². The third-order valence-corrected chi connectivity index (χ3v) is 6.12. The Morgan fingerprint density at radius 3 is 2.95 bits per heavy atom. The van der Waals surface area contributed by atoms with Gasteiger partial charge in [0.15, 0.2) is 0 Å². The zero-order chi connectivity index (χ0) is 13.6. The third-order valence-electron chi connectivity index (χ3n) is 5.10. The van der Waals surface area contributed by atoms with Crippen LogP contribution in [0.3, 0.4) is 0 Å². The second-order valence-corrected chi connectivity index (χ2v) is 7.18. The van der Waals surface area contributed by atoms with Crippen LogP contribution in [0.5, 0.6) is 0 Å². The van der Waals surface area contributed by atoms with E-state index in [1.54, 1.807) is 11.3 Å². The second-order valence-electron chi connectivity index (χ2n) is 6.27. The predicted octanol–water partition coefficient (Wildman–Crippen LogP) is 3.40. The van der Waals surface area contributed by atoms with Gasteiger partial charge in [0.2, 0.25) is 0 Å². The van der Waals surface area contributed by atoms with Gasteiger partial charge in [-0.3, -0.25) is 4.79 Å².